The Bertz CT molecular complexity index is 278. The molecule has 1 fully saturated rings. The molecule has 2 nitrogen and oxygen atoms in total. The van der Waals surface area contributed by atoms with Crippen LogP contribution in [0.3, 0.4) is 0 Å². The molecule has 2 rings (SSSR count). The van der Waals surface area contributed by atoms with Gasteiger partial charge in [0, 0.05) is 31.5 Å². The molecule has 0 unspecified atom stereocenters. The fourth-order valence-electron chi connectivity index (χ4n) is 2.23. The predicted molar refractivity (Wildman–Crippen MR) is 61.9 cm³/mol. The number of para-hydroxylation sites is 1. The lowest BCUT2D eigenvalue weighted by Gasteiger charge is -2.33. The molecule has 2 heteroatoms. The van der Waals surface area contributed by atoms with Gasteiger partial charge in [0.2, 0.25) is 0 Å². The van der Waals surface area contributed by atoms with Gasteiger partial charge in [-0.2, -0.15) is 0 Å². The molecule has 0 atom stereocenters. The van der Waals surface area contributed by atoms with Crippen LogP contribution < -0.4 is 4.90 Å². The lowest BCUT2D eigenvalue weighted by molar-refractivity contribution is 0.240. The first kappa shape index (κ1) is 10.5. The van der Waals surface area contributed by atoms with E-state index in [0.29, 0.717) is 6.61 Å². The molecular weight excluding hydrogens is 186 g/mol. The Morgan fingerprint density at radius 2 is 2.13 bits per heavy atom. The van der Waals surface area contributed by atoms with Gasteiger partial charge in [0.15, 0.2) is 0 Å². The maximum Gasteiger partial charge on any atom is 0.0446 e. The molecular formula is C13H18NO. The monoisotopic (exact) mass is 204 g/mol. The number of benzene rings is 1. The molecule has 1 aliphatic rings. The maximum atomic E-state index is 8.88. The molecule has 0 spiro atoms. The highest BCUT2D eigenvalue weighted by molar-refractivity contribution is 5.44. The smallest absolute Gasteiger partial charge is 0.0446 e. The van der Waals surface area contributed by atoms with Crippen LogP contribution in [0.2, 0.25) is 0 Å². The molecule has 0 aromatic heterocycles. The summed E-state index contributed by atoms with van der Waals surface area (Å²) < 4.78 is 0. The predicted octanol–water partition coefficient (Wildman–Crippen LogP) is 2.09. The summed E-state index contributed by atoms with van der Waals surface area (Å²) in [6, 6.07) is 11.4. The lowest BCUT2D eigenvalue weighted by Crippen LogP contribution is -2.33. The van der Waals surface area contributed by atoms with Gasteiger partial charge in [-0.3, -0.25) is 0 Å². The summed E-state index contributed by atoms with van der Waals surface area (Å²) in [7, 11) is 0. The van der Waals surface area contributed by atoms with Crippen molar-refractivity contribution in [2.45, 2.75) is 19.3 Å². The normalized spacial score (nSPS) is 18.1. The maximum absolute atomic E-state index is 8.88. The number of hydrogen-bond donors (Lipinski definition) is 1. The van der Waals surface area contributed by atoms with Crippen molar-refractivity contribution in [3.05, 3.63) is 30.3 Å². The molecule has 1 heterocycles. The standard InChI is InChI=1S/C13H18NO/c15-11-8-12-6-9-14(10-7-12)13-4-2-1-3-5-13/h1-4,12,15H,6-11H2. The Kier molecular flexibility index (Phi) is 3.62. The number of nitrogens with zero attached hydrogens (tertiary/aromatic N) is 1. The van der Waals surface area contributed by atoms with E-state index in [1.54, 1.807) is 0 Å². The van der Waals surface area contributed by atoms with Gasteiger partial charge in [-0.15, -0.1) is 0 Å². The van der Waals surface area contributed by atoms with E-state index in [0.717, 1.165) is 25.4 Å². The van der Waals surface area contributed by atoms with Crippen LogP contribution in [0, 0.1) is 12.0 Å². The van der Waals surface area contributed by atoms with Crippen molar-refractivity contribution < 1.29 is 5.11 Å². The van der Waals surface area contributed by atoms with Crippen molar-refractivity contribution in [1.82, 2.24) is 0 Å². The third-order valence-electron chi connectivity index (χ3n) is 3.19. The van der Waals surface area contributed by atoms with E-state index < -0.39 is 0 Å². The van der Waals surface area contributed by atoms with Crippen molar-refractivity contribution in [1.29, 1.82) is 0 Å². The average molecular weight is 204 g/mol. The molecule has 0 aliphatic carbocycles. The van der Waals surface area contributed by atoms with E-state index in [-0.39, 0.29) is 0 Å². The van der Waals surface area contributed by atoms with E-state index in [9.17, 15) is 0 Å². The minimum Gasteiger partial charge on any atom is -0.396 e. The topological polar surface area (TPSA) is 23.5 Å². The van der Waals surface area contributed by atoms with E-state index in [2.05, 4.69) is 23.1 Å². The van der Waals surface area contributed by atoms with Crippen LogP contribution in [0.5, 0.6) is 0 Å². The summed E-state index contributed by atoms with van der Waals surface area (Å²) in [4.78, 5) is 2.38. The second-order valence-corrected chi connectivity index (χ2v) is 4.19. The van der Waals surface area contributed by atoms with Gasteiger partial charge in [0.05, 0.1) is 0 Å². The SMILES string of the molecule is OCCC1CCN(c2[c]cccc2)CC1. The Balaban J connectivity index is 1.88. The second-order valence-electron chi connectivity index (χ2n) is 4.19. The fraction of sp³-hybridized carbons (Fsp3) is 0.538. The largest absolute Gasteiger partial charge is 0.396 e. The lowest BCUT2D eigenvalue weighted by atomic mass is 9.94. The van der Waals surface area contributed by atoms with E-state index in [1.165, 1.54) is 18.5 Å². The van der Waals surface area contributed by atoms with E-state index >= 15 is 0 Å². The summed E-state index contributed by atoms with van der Waals surface area (Å²) in [5.41, 5.74) is 1.21. The molecule has 0 amide bonds. The van der Waals surface area contributed by atoms with Gasteiger partial charge in [-0.1, -0.05) is 18.2 Å². The highest BCUT2D eigenvalue weighted by atomic mass is 16.3. The molecule has 1 N–H and O–H groups in total. The van der Waals surface area contributed by atoms with Gasteiger partial charge < -0.3 is 10.0 Å². The summed E-state index contributed by atoms with van der Waals surface area (Å²) in [5, 5.41) is 8.88. The highest BCUT2D eigenvalue weighted by Gasteiger charge is 2.18. The molecule has 81 valence electrons. The fourth-order valence-corrected chi connectivity index (χ4v) is 2.23. The first-order chi connectivity index (χ1) is 7.40. The molecule has 0 saturated carbocycles. The van der Waals surface area contributed by atoms with Crippen LogP contribution >= 0.6 is 0 Å². The average Bonchev–Trinajstić information content (AvgIpc) is 2.32. The summed E-state index contributed by atoms with van der Waals surface area (Å²) in [6.07, 6.45) is 3.36. The quantitative estimate of drug-likeness (QED) is 0.815. The zero-order valence-electron chi connectivity index (χ0n) is 9.02. The van der Waals surface area contributed by atoms with Gasteiger partial charge in [-0.05, 0) is 31.2 Å². The van der Waals surface area contributed by atoms with Gasteiger partial charge in [-0.25, -0.2) is 0 Å². The van der Waals surface area contributed by atoms with E-state index in [1.807, 2.05) is 12.1 Å². The van der Waals surface area contributed by atoms with Gasteiger partial charge >= 0.3 is 0 Å². The molecule has 0 bridgehead atoms. The van der Waals surface area contributed by atoms with Gasteiger partial charge in [0.1, 0.15) is 0 Å². The summed E-state index contributed by atoms with van der Waals surface area (Å²) in [6.45, 7) is 2.54. The Morgan fingerprint density at radius 3 is 2.73 bits per heavy atom. The number of rotatable bonds is 3. The number of anilines is 1. The Labute approximate surface area is 91.5 Å². The van der Waals surface area contributed by atoms with Crippen molar-refractivity contribution in [2.24, 2.45) is 5.92 Å². The molecule has 1 aliphatic heterocycles. The van der Waals surface area contributed by atoms with Crippen LogP contribution in [-0.2, 0) is 0 Å². The van der Waals surface area contributed by atoms with Crippen molar-refractivity contribution in [3.8, 4) is 0 Å². The number of aliphatic hydroxyl groups excluding tert-OH is 1. The zero-order valence-corrected chi connectivity index (χ0v) is 9.02. The Hall–Kier alpha value is -1.02. The summed E-state index contributed by atoms with van der Waals surface area (Å²) >= 11 is 0. The van der Waals surface area contributed by atoms with Crippen molar-refractivity contribution >= 4 is 5.69 Å². The van der Waals surface area contributed by atoms with Crippen molar-refractivity contribution in [3.63, 3.8) is 0 Å². The number of piperidine rings is 1. The minimum atomic E-state index is 0.335. The van der Waals surface area contributed by atoms with Crippen LogP contribution in [0.1, 0.15) is 19.3 Å². The first-order valence-corrected chi connectivity index (χ1v) is 5.72. The van der Waals surface area contributed by atoms with Crippen LogP contribution in [-0.4, -0.2) is 24.8 Å². The first-order valence-electron chi connectivity index (χ1n) is 5.72. The Morgan fingerprint density at radius 1 is 1.33 bits per heavy atom. The van der Waals surface area contributed by atoms with Gasteiger partial charge in [0.25, 0.3) is 0 Å². The van der Waals surface area contributed by atoms with Crippen molar-refractivity contribution in [2.75, 3.05) is 24.6 Å². The third-order valence-corrected chi connectivity index (χ3v) is 3.19. The molecule has 1 aromatic carbocycles. The third kappa shape index (κ3) is 2.72. The van der Waals surface area contributed by atoms with Crippen LogP contribution in [0.25, 0.3) is 0 Å². The second kappa shape index (κ2) is 5.17. The molecule has 1 saturated heterocycles. The molecule has 1 radical (unpaired) electrons. The zero-order chi connectivity index (χ0) is 10.5. The van der Waals surface area contributed by atoms with E-state index in [4.69, 9.17) is 5.11 Å². The minimum absolute atomic E-state index is 0.335. The molecule has 1 aromatic rings. The van der Waals surface area contributed by atoms with Crippen LogP contribution in [0.15, 0.2) is 24.3 Å². The number of hydrogen-bond acceptors (Lipinski definition) is 2. The highest BCUT2D eigenvalue weighted by Crippen LogP contribution is 2.24. The molecule has 15 heavy (non-hydrogen) atoms. The number of aliphatic hydroxyl groups is 1. The summed E-state index contributed by atoms with van der Waals surface area (Å²) in [5.74, 6) is 0.718. The van der Waals surface area contributed by atoms with Crippen LogP contribution in [0.4, 0.5) is 5.69 Å².